The maximum absolute atomic E-state index is 12.2. The lowest BCUT2D eigenvalue weighted by Gasteiger charge is -2.24. The van der Waals surface area contributed by atoms with E-state index < -0.39 is 18.0 Å². The first-order chi connectivity index (χ1) is 15.1. The van der Waals surface area contributed by atoms with E-state index in [0.29, 0.717) is 33.4 Å². The lowest BCUT2D eigenvalue weighted by Crippen LogP contribution is -2.42. The average molecular weight is 437 g/mol. The highest BCUT2D eigenvalue weighted by atomic mass is 35.5. The van der Waals surface area contributed by atoms with Gasteiger partial charge in [-0.25, -0.2) is 10.2 Å². The minimum absolute atomic E-state index is 0.103. The second-order valence-electron chi connectivity index (χ2n) is 6.56. The fraction of sp³-hybridized carbons (Fsp3) is 0.0870. The number of amides is 1. The Kier molecular flexibility index (Phi) is 6.14. The molecular formula is C23H17ClN2O5. The van der Waals surface area contributed by atoms with Gasteiger partial charge in [0.2, 0.25) is 6.10 Å². The molecule has 1 N–H and O–H groups in total. The molecule has 0 radical (unpaired) electrons. The molecule has 3 aromatic carbocycles. The van der Waals surface area contributed by atoms with Crippen LogP contribution in [0.1, 0.15) is 15.9 Å². The predicted octanol–water partition coefficient (Wildman–Crippen LogP) is 3.85. The average Bonchev–Trinajstić information content (AvgIpc) is 2.80. The van der Waals surface area contributed by atoms with Crippen molar-refractivity contribution in [1.82, 2.24) is 5.43 Å². The van der Waals surface area contributed by atoms with Crippen LogP contribution in [0.4, 0.5) is 0 Å². The van der Waals surface area contributed by atoms with Crippen molar-refractivity contribution in [2.75, 3.05) is 6.61 Å². The number of hydrazone groups is 1. The fourth-order valence-corrected chi connectivity index (χ4v) is 2.89. The van der Waals surface area contributed by atoms with Crippen molar-refractivity contribution < 1.29 is 23.8 Å². The number of para-hydroxylation sites is 2. The normalized spacial score (nSPS) is 14.8. The molecule has 7 nitrogen and oxygen atoms in total. The molecule has 0 saturated heterocycles. The van der Waals surface area contributed by atoms with Gasteiger partial charge in [-0.1, -0.05) is 23.7 Å². The summed E-state index contributed by atoms with van der Waals surface area (Å²) in [5, 5.41) is 4.48. The molecule has 0 fully saturated rings. The van der Waals surface area contributed by atoms with Gasteiger partial charge in [0.15, 0.2) is 11.5 Å². The zero-order valence-corrected chi connectivity index (χ0v) is 16.9. The molecule has 1 aliphatic rings. The van der Waals surface area contributed by atoms with Gasteiger partial charge in [0.1, 0.15) is 12.4 Å². The Morgan fingerprint density at radius 3 is 2.45 bits per heavy atom. The molecule has 1 atom stereocenters. The highest BCUT2D eigenvalue weighted by molar-refractivity contribution is 6.30. The number of hydrogen-bond acceptors (Lipinski definition) is 6. The minimum atomic E-state index is -0.790. The van der Waals surface area contributed by atoms with Gasteiger partial charge in [-0.2, -0.15) is 5.10 Å². The van der Waals surface area contributed by atoms with Crippen molar-refractivity contribution >= 4 is 29.7 Å². The second-order valence-corrected chi connectivity index (χ2v) is 7.00. The van der Waals surface area contributed by atoms with E-state index in [4.69, 9.17) is 25.8 Å². The molecule has 8 heteroatoms. The number of carbonyl (C=O) groups is 2. The third-order valence-electron chi connectivity index (χ3n) is 4.36. The van der Waals surface area contributed by atoms with Crippen LogP contribution in [0, 0.1) is 0 Å². The smallest absolute Gasteiger partial charge is 0.343 e. The molecule has 1 aliphatic heterocycles. The first-order valence-electron chi connectivity index (χ1n) is 9.38. The standard InChI is InChI=1S/C23H17ClN2O5/c24-17-9-7-16(8-10-17)23(28)30-18-11-5-15(6-12-18)13-25-26-22(27)21-14-29-19-3-1-2-4-20(19)31-21/h1-13,21H,14H2,(H,26,27). The van der Waals surface area contributed by atoms with E-state index in [9.17, 15) is 9.59 Å². The molecule has 4 rings (SSSR count). The SMILES string of the molecule is O=C(Oc1ccc(C=NNC(=O)C2COc3ccccc3O2)cc1)c1ccc(Cl)cc1. The predicted molar refractivity (Wildman–Crippen MR) is 115 cm³/mol. The van der Waals surface area contributed by atoms with E-state index in [0.717, 1.165) is 0 Å². The van der Waals surface area contributed by atoms with Crippen LogP contribution in [-0.4, -0.2) is 30.8 Å². The van der Waals surface area contributed by atoms with Gasteiger partial charge in [0.05, 0.1) is 11.8 Å². The summed E-state index contributed by atoms with van der Waals surface area (Å²) < 4.78 is 16.5. The van der Waals surface area contributed by atoms with Crippen molar-refractivity contribution in [2.45, 2.75) is 6.10 Å². The summed E-state index contributed by atoms with van der Waals surface area (Å²) in [6.45, 7) is 0.103. The molecule has 1 heterocycles. The Balaban J connectivity index is 1.29. The lowest BCUT2D eigenvalue weighted by atomic mass is 10.2. The van der Waals surface area contributed by atoms with Crippen LogP contribution in [0.25, 0.3) is 0 Å². The highest BCUT2D eigenvalue weighted by Crippen LogP contribution is 2.30. The van der Waals surface area contributed by atoms with Crippen LogP contribution < -0.4 is 19.6 Å². The van der Waals surface area contributed by atoms with Gasteiger partial charge in [-0.15, -0.1) is 0 Å². The summed E-state index contributed by atoms with van der Waals surface area (Å²) in [4.78, 5) is 24.4. The molecule has 1 unspecified atom stereocenters. The van der Waals surface area contributed by atoms with E-state index in [-0.39, 0.29) is 6.61 Å². The van der Waals surface area contributed by atoms with Gasteiger partial charge in [-0.3, -0.25) is 4.79 Å². The molecule has 0 aliphatic carbocycles. The Hall–Kier alpha value is -3.84. The number of halogens is 1. The van der Waals surface area contributed by atoms with E-state index in [1.165, 1.54) is 6.21 Å². The first-order valence-corrected chi connectivity index (χ1v) is 9.75. The van der Waals surface area contributed by atoms with E-state index in [1.807, 2.05) is 6.07 Å². The molecule has 0 spiro atoms. The zero-order valence-electron chi connectivity index (χ0n) is 16.2. The number of rotatable bonds is 5. The van der Waals surface area contributed by atoms with Crippen LogP contribution in [0.5, 0.6) is 17.2 Å². The number of esters is 1. The number of carbonyl (C=O) groups excluding carboxylic acids is 2. The summed E-state index contributed by atoms with van der Waals surface area (Å²) in [5.41, 5.74) is 3.54. The Labute approximate surface area is 183 Å². The summed E-state index contributed by atoms with van der Waals surface area (Å²) in [6, 6.07) is 20.2. The number of benzene rings is 3. The third-order valence-corrected chi connectivity index (χ3v) is 4.61. The summed E-state index contributed by atoms with van der Waals surface area (Å²) in [5.74, 6) is 0.599. The molecule has 0 saturated carbocycles. The maximum Gasteiger partial charge on any atom is 0.343 e. The van der Waals surface area contributed by atoms with Crippen molar-refractivity contribution in [3.8, 4) is 17.2 Å². The zero-order chi connectivity index (χ0) is 21.6. The number of nitrogens with one attached hydrogen (secondary N) is 1. The van der Waals surface area contributed by atoms with Crippen LogP contribution in [0.2, 0.25) is 5.02 Å². The van der Waals surface area contributed by atoms with Crippen LogP contribution in [0.15, 0.2) is 77.9 Å². The van der Waals surface area contributed by atoms with Gasteiger partial charge >= 0.3 is 5.97 Å². The molecule has 31 heavy (non-hydrogen) atoms. The largest absolute Gasteiger partial charge is 0.485 e. The van der Waals surface area contributed by atoms with Crippen LogP contribution >= 0.6 is 11.6 Å². The molecule has 0 bridgehead atoms. The van der Waals surface area contributed by atoms with Crippen molar-refractivity contribution in [1.29, 1.82) is 0 Å². The quantitative estimate of drug-likeness (QED) is 0.284. The summed E-state index contributed by atoms with van der Waals surface area (Å²) in [7, 11) is 0. The Bertz CT molecular complexity index is 1110. The second kappa shape index (κ2) is 9.32. The van der Waals surface area contributed by atoms with Crippen LogP contribution in [0.3, 0.4) is 0 Å². The fourth-order valence-electron chi connectivity index (χ4n) is 2.77. The van der Waals surface area contributed by atoms with Gasteiger partial charge in [-0.05, 0) is 66.2 Å². The molecule has 156 valence electrons. The van der Waals surface area contributed by atoms with E-state index in [2.05, 4.69) is 10.5 Å². The van der Waals surface area contributed by atoms with Gasteiger partial charge < -0.3 is 14.2 Å². The first kappa shape index (κ1) is 20.4. The molecule has 1 amide bonds. The van der Waals surface area contributed by atoms with E-state index in [1.54, 1.807) is 66.7 Å². The Morgan fingerprint density at radius 1 is 1.00 bits per heavy atom. The number of hydrogen-bond donors (Lipinski definition) is 1. The van der Waals surface area contributed by atoms with Crippen molar-refractivity contribution in [3.63, 3.8) is 0 Å². The monoisotopic (exact) mass is 436 g/mol. The molecule has 3 aromatic rings. The third kappa shape index (κ3) is 5.21. The summed E-state index contributed by atoms with van der Waals surface area (Å²) >= 11 is 5.82. The van der Waals surface area contributed by atoms with E-state index >= 15 is 0 Å². The van der Waals surface area contributed by atoms with Gasteiger partial charge in [0, 0.05) is 5.02 Å². The van der Waals surface area contributed by atoms with Gasteiger partial charge in [0.25, 0.3) is 5.91 Å². The Morgan fingerprint density at radius 2 is 1.71 bits per heavy atom. The molecular weight excluding hydrogens is 420 g/mol. The summed E-state index contributed by atoms with van der Waals surface area (Å²) in [6.07, 6.45) is 0.682. The molecule has 0 aromatic heterocycles. The maximum atomic E-state index is 12.2. The van der Waals surface area contributed by atoms with Crippen LogP contribution in [-0.2, 0) is 4.79 Å². The lowest BCUT2D eigenvalue weighted by molar-refractivity contribution is -0.130. The van der Waals surface area contributed by atoms with Crippen molar-refractivity contribution in [2.24, 2.45) is 5.10 Å². The topological polar surface area (TPSA) is 86.2 Å². The number of ether oxygens (including phenoxy) is 3. The highest BCUT2D eigenvalue weighted by Gasteiger charge is 2.26. The number of fused-ring (bicyclic) bond motifs is 1. The number of nitrogens with zero attached hydrogens (tertiary/aromatic N) is 1. The van der Waals surface area contributed by atoms with Crippen molar-refractivity contribution in [3.05, 3.63) is 88.9 Å². The minimum Gasteiger partial charge on any atom is -0.485 e.